The van der Waals surface area contributed by atoms with Crippen LogP contribution in [0.3, 0.4) is 0 Å². The first-order valence-corrected chi connectivity index (χ1v) is 13.4. The fourth-order valence-electron chi connectivity index (χ4n) is 6.96. The van der Waals surface area contributed by atoms with E-state index in [9.17, 15) is 34.8 Å². The second-order valence-electron chi connectivity index (χ2n) is 11.3. The number of aliphatic hydroxyl groups excluding tert-OH is 2. The van der Waals surface area contributed by atoms with Gasteiger partial charge in [0, 0.05) is 24.1 Å². The molecule has 0 heterocycles. The van der Waals surface area contributed by atoms with Gasteiger partial charge in [-0.15, -0.1) is 6.42 Å². The molecule has 3 aliphatic rings. The van der Waals surface area contributed by atoms with E-state index in [1.54, 1.807) is 25.1 Å². The lowest BCUT2D eigenvalue weighted by Gasteiger charge is -2.53. The van der Waals surface area contributed by atoms with Crippen molar-refractivity contribution in [3.8, 4) is 29.2 Å². The zero-order chi connectivity index (χ0) is 29.8. The second kappa shape index (κ2) is 10.4. The van der Waals surface area contributed by atoms with Gasteiger partial charge in [0.25, 0.3) is 0 Å². The Hall–Kier alpha value is -4.01. The van der Waals surface area contributed by atoms with E-state index < -0.39 is 58.7 Å². The standard InChI is InChI=1S/C31H33N3O7/c1-4-11-33-14-15-5-7-16(8-6-15)18-9-10-21(35)23-19(18)12-17-13-20-25(34(2)3)27(37)24(30(32)40)29(39)31(20,41)28(38)22(17)26(23)36/h1,5-10,17,20,24-25,27,33,35-37,41H,11-14H2,2-3H3,(H2,32,40)/t17-,20-,24?,25?,27?,31-/m1/s1. The summed E-state index contributed by atoms with van der Waals surface area (Å²) in [4.78, 5) is 41.1. The SMILES string of the molecule is C#CCNCc1ccc(-c2ccc(O)c3c2C[C@@H]2C[C@@H]4C(N(C)C)C(O)C(C(N)=O)C(=O)[C@]4(O)C(=O)C2=C3O)cc1. The monoisotopic (exact) mass is 559 g/mol. The summed E-state index contributed by atoms with van der Waals surface area (Å²) in [6.07, 6.45) is 4.05. The quantitative estimate of drug-likeness (QED) is 0.168. The van der Waals surface area contributed by atoms with Gasteiger partial charge in [-0.1, -0.05) is 36.3 Å². The molecule has 214 valence electrons. The molecule has 10 heteroatoms. The third-order valence-electron chi connectivity index (χ3n) is 8.79. The number of benzene rings is 2. The van der Waals surface area contributed by atoms with E-state index in [4.69, 9.17) is 12.2 Å². The summed E-state index contributed by atoms with van der Waals surface area (Å²) in [5, 5.41) is 48.1. The second-order valence-corrected chi connectivity index (χ2v) is 11.3. The van der Waals surface area contributed by atoms with E-state index in [0.29, 0.717) is 18.7 Å². The number of hydrogen-bond donors (Lipinski definition) is 6. The Morgan fingerprint density at radius 3 is 2.46 bits per heavy atom. The molecule has 3 unspecified atom stereocenters. The number of nitrogens with two attached hydrogens (primary N) is 1. The van der Waals surface area contributed by atoms with E-state index in [1.165, 1.54) is 6.07 Å². The van der Waals surface area contributed by atoms with Gasteiger partial charge in [-0.25, -0.2) is 0 Å². The molecule has 3 aliphatic carbocycles. The average molecular weight is 560 g/mol. The molecule has 5 rings (SSSR count). The van der Waals surface area contributed by atoms with Crippen molar-refractivity contribution in [2.24, 2.45) is 23.5 Å². The number of phenolic OH excluding ortho intramolecular Hbond substituents is 1. The van der Waals surface area contributed by atoms with Crippen molar-refractivity contribution in [1.29, 1.82) is 0 Å². The molecule has 0 spiro atoms. The molecule has 2 saturated carbocycles. The maximum absolute atomic E-state index is 14.0. The molecule has 0 saturated heterocycles. The predicted molar refractivity (Wildman–Crippen MR) is 150 cm³/mol. The van der Waals surface area contributed by atoms with E-state index >= 15 is 0 Å². The molecule has 2 aromatic carbocycles. The number of fused-ring (bicyclic) bond motifs is 3. The number of ketones is 2. The minimum Gasteiger partial charge on any atom is -0.507 e. The zero-order valence-corrected chi connectivity index (χ0v) is 22.8. The summed E-state index contributed by atoms with van der Waals surface area (Å²) in [6, 6.07) is 9.95. The Morgan fingerprint density at radius 2 is 1.85 bits per heavy atom. The van der Waals surface area contributed by atoms with Gasteiger partial charge in [-0.05, 0) is 61.2 Å². The van der Waals surface area contributed by atoms with Crippen LogP contribution in [0.5, 0.6) is 5.75 Å². The molecule has 0 aromatic heterocycles. The highest BCUT2D eigenvalue weighted by molar-refractivity contribution is 6.25. The first-order valence-electron chi connectivity index (χ1n) is 13.4. The van der Waals surface area contributed by atoms with E-state index in [-0.39, 0.29) is 29.7 Å². The van der Waals surface area contributed by atoms with Crippen LogP contribution in [-0.4, -0.2) is 81.2 Å². The normalized spacial score (nSPS) is 29.0. The van der Waals surface area contributed by atoms with Crippen molar-refractivity contribution >= 4 is 23.2 Å². The molecular formula is C31H33N3O7. The van der Waals surface area contributed by atoms with Crippen LogP contribution in [0.2, 0.25) is 0 Å². The fourth-order valence-corrected chi connectivity index (χ4v) is 6.96. The maximum Gasteiger partial charge on any atom is 0.230 e. The number of amides is 1. The van der Waals surface area contributed by atoms with E-state index in [2.05, 4.69) is 11.2 Å². The molecule has 6 atom stereocenters. The number of terminal acetylenes is 1. The topological polar surface area (TPSA) is 173 Å². The smallest absolute Gasteiger partial charge is 0.230 e. The van der Waals surface area contributed by atoms with Crippen LogP contribution >= 0.6 is 0 Å². The summed E-state index contributed by atoms with van der Waals surface area (Å²) in [5.74, 6) is -5.10. The van der Waals surface area contributed by atoms with Crippen molar-refractivity contribution < 1.29 is 34.8 Å². The molecule has 0 bridgehead atoms. The highest BCUT2D eigenvalue weighted by Gasteiger charge is 2.67. The highest BCUT2D eigenvalue weighted by atomic mass is 16.3. The van der Waals surface area contributed by atoms with Gasteiger partial charge in [0.2, 0.25) is 11.7 Å². The van der Waals surface area contributed by atoms with Crippen molar-refractivity contribution in [3.63, 3.8) is 0 Å². The molecule has 10 nitrogen and oxygen atoms in total. The number of hydrogen-bond acceptors (Lipinski definition) is 9. The molecule has 0 radical (unpaired) electrons. The summed E-state index contributed by atoms with van der Waals surface area (Å²) in [5.41, 5.74) is 5.84. The number of aromatic hydroxyl groups is 1. The minimum atomic E-state index is -2.68. The number of aliphatic hydroxyl groups is 3. The molecule has 0 aliphatic heterocycles. The third kappa shape index (κ3) is 4.33. The number of phenols is 1. The number of rotatable bonds is 6. The van der Waals surface area contributed by atoms with Gasteiger partial charge in [0.05, 0.1) is 18.2 Å². The molecular weight excluding hydrogens is 526 g/mol. The number of carbonyl (C=O) groups excluding carboxylic acids is 3. The largest absolute Gasteiger partial charge is 0.507 e. The van der Waals surface area contributed by atoms with Crippen molar-refractivity contribution in [1.82, 2.24) is 10.2 Å². The Labute approximate surface area is 237 Å². The summed E-state index contributed by atoms with van der Waals surface area (Å²) >= 11 is 0. The summed E-state index contributed by atoms with van der Waals surface area (Å²) in [7, 11) is 3.24. The van der Waals surface area contributed by atoms with Crippen LogP contribution in [-0.2, 0) is 27.3 Å². The van der Waals surface area contributed by atoms with Crippen LogP contribution in [0, 0.1) is 30.1 Å². The number of carbonyl (C=O) groups is 3. The molecule has 41 heavy (non-hydrogen) atoms. The van der Waals surface area contributed by atoms with Gasteiger partial charge in [0.1, 0.15) is 17.4 Å². The van der Waals surface area contributed by atoms with Gasteiger partial charge < -0.3 is 36.4 Å². The molecule has 2 aromatic rings. The fraction of sp³-hybridized carbons (Fsp3) is 0.387. The first kappa shape index (κ1) is 28.5. The number of primary amides is 1. The number of Topliss-reactive ketones (excluding diaryl/α,β-unsaturated/α-hetero) is 2. The maximum atomic E-state index is 14.0. The van der Waals surface area contributed by atoms with E-state index in [0.717, 1.165) is 16.7 Å². The predicted octanol–water partition coefficient (Wildman–Crippen LogP) is 0.519. The van der Waals surface area contributed by atoms with Crippen LogP contribution in [0.4, 0.5) is 0 Å². The third-order valence-corrected chi connectivity index (χ3v) is 8.79. The van der Waals surface area contributed by atoms with Crippen LogP contribution in [0.1, 0.15) is 23.1 Å². The Kier molecular flexibility index (Phi) is 7.26. The lowest BCUT2D eigenvalue weighted by Crippen LogP contribution is -2.73. The van der Waals surface area contributed by atoms with Crippen LogP contribution in [0.25, 0.3) is 16.9 Å². The minimum absolute atomic E-state index is 0.0582. The first-order chi connectivity index (χ1) is 19.4. The number of nitrogens with one attached hydrogen (secondary N) is 1. The van der Waals surface area contributed by atoms with Crippen molar-refractivity contribution in [3.05, 3.63) is 58.7 Å². The Balaban J connectivity index is 1.61. The number of likely N-dealkylation sites (N-methyl/N-ethyl adjacent to an activating group) is 1. The summed E-state index contributed by atoms with van der Waals surface area (Å²) in [6.45, 7) is 1.03. The van der Waals surface area contributed by atoms with Gasteiger partial charge in [0.15, 0.2) is 11.4 Å². The molecule has 7 N–H and O–H groups in total. The lowest BCUT2D eigenvalue weighted by molar-refractivity contribution is -0.184. The Morgan fingerprint density at radius 1 is 1.17 bits per heavy atom. The highest BCUT2D eigenvalue weighted by Crippen LogP contribution is 2.53. The van der Waals surface area contributed by atoms with Crippen molar-refractivity contribution in [2.45, 2.75) is 37.1 Å². The van der Waals surface area contributed by atoms with Gasteiger partial charge in [-0.3, -0.25) is 14.4 Å². The molecule has 1 amide bonds. The van der Waals surface area contributed by atoms with Crippen molar-refractivity contribution in [2.75, 3.05) is 20.6 Å². The summed E-state index contributed by atoms with van der Waals surface area (Å²) < 4.78 is 0. The Bertz CT molecular complexity index is 1510. The van der Waals surface area contributed by atoms with Gasteiger partial charge >= 0.3 is 0 Å². The van der Waals surface area contributed by atoms with Crippen LogP contribution in [0.15, 0.2) is 42.0 Å². The average Bonchev–Trinajstić information content (AvgIpc) is 2.91. The zero-order valence-electron chi connectivity index (χ0n) is 22.8. The van der Waals surface area contributed by atoms with Gasteiger partial charge in [-0.2, -0.15) is 0 Å². The number of nitrogens with zero attached hydrogens (tertiary/aromatic N) is 1. The van der Waals surface area contributed by atoms with Crippen LogP contribution < -0.4 is 11.1 Å². The lowest BCUT2D eigenvalue weighted by atomic mass is 9.54. The molecule has 2 fully saturated rings. The van der Waals surface area contributed by atoms with E-state index in [1.807, 2.05) is 24.3 Å².